The highest BCUT2D eigenvalue weighted by Gasteiger charge is 2.26. The van der Waals surface area contributed by atoms with Crippen molar-refractivity contribution in [3.05, 3.63) is 18.1 Å². The van der Waals surface area contributed by atoms with Crippen LogP contribution in [-0.2, 0) is 6.54 Å². The standard InChI is InChI=1S/C13H22N4/c1-13(2)4-6-17(7-5-13)12-10-15-9-11(16-12)8-14-3/h9-10,14H,4-8H2,1-3H3. The van der Waals surface area contributed by atoms with E-state index >= 15 is 0 Å². The lowest BCUT2D eigenvalue weighted by Gasteiger charge is -2.37. The Morgan fingerprint density at radius 1 is 1.29 bits per heavy atom. The van der Waals surface area contributed by atoms with Gasteiger partial charge in [-0.15, -0.1) is 0 Å². The molecule has 1 N–H and O–H groups in total. The third-order valence-corrected chi connectivity index (χ3v) is 3.47. The molecule has 4 heteroatoms. The second-order valence-corrected chi connectivity index (χ2v) is 5.55. The summed E-state index contributed by atoms with van der Waals surface area (Å²) in [5, 5.41) is 3.11. The van der Waals surface area contributed by atoms with Crippen LogP contribution in [0.1, 0.15) is 32.4 Å². The van der Waals surface area contributed by atoms with Gasteiger partial charge in [0, 0.05) is 25.8 Å². The molecule has 0 bridgehead atoms. The first-order valence-corrected chi connectivity index (χ1v) is 6.31. The summed E-state index contributed by atoms with van der Waals surface area (Å²) in [5.74, 6) is 1.02. The van der Waals surface area contributed by atoms with Crippen LogP contribution in [0, 0.1) is 5.41 Å². The Balaban J connectivity index is 2.05. The molecule has 2 rings (SSSR count). The maximum absolute atomic E-state index is 4.63. The van der Waals surface area contributed by atoms with Crippen molar-refractivity contribution in [2.45, 2.75) is 33.2 Å². The Kier molecular flexibility index (Phi) is 3.62. The van der Waals surface area contributed by atoms with Gasteiger partial charge in [-0.2, -0.15) is 0 Å². The van der Waals surface area contributed by atoms with Gasteiger partial charge >= 0.3 is 0 Å². The number of nitrogens with one attached hydrogen (secondary N) is 1. The smallest absolute Gasteiger partial charge is 0.147 e. The highest BCUT2D eigenvalue weighted by Crippen LogP contribution is 2.31. The number of hydrogen-bond donors (Lipinski definition) is 1. The number of aromatic nitrogens is 2. The maximum atomic E-state index is 4.63. The molecule has 4 nitrogen and oxygen atoms in total. The van der Waals surface area contributed by atoms with E-state index in [1.165, 1.54) is 12.8 Å². The summed E-state index contributed by atoms with van der Waals surface area (Å²) in [6.45, 7) is 7.64. The number of piperidine rings is 1. The largest absolute Gasteiger partial charge is 0.355 e. The van der Waals surface area contributed by atoms with E-state index in [-0.39, 0.29) is 0 Å². The Hall–Kier alpha value is -1.16. The molecule has 1 aliphatic rings. The minimum atomic E-state index is 0.479. The number of anilines is 1. The highest BCUT2D eigenvalue weighted by atomic mass is 15.2. The summed E-state index contributed by atoms with van der Waals surface area (Å²) < 4.78 is 0. The van der Waals surface area contributed by atoms with Crippen molar-refractivity contribution in [3.8, 4) is 0 Å². The average Bonchev–Trinajstić information content (AvgIpc) is 2.30. The molecule has 1 aromatic rings. The Morgan fingerprint density at radius 2 is 2.00 bits per heavy atom. The molecule has 0 radical (unpaired) electrons. The van der Waals surface area contributed by atoms with E-state index in [9.17, 15) is 0 Å². The van der Waals surface area contributed by atoms with Crippen molar-refractivity contribution in [2.24, 2.45) is 5.41 Å². The molecule has 0 aliphatic carbocycles. The van der Waals surface area contributed by atoms with Crippen LogP contribution >= 0.6 is 0 Å². The first-order chi connectivity index (χ1) is 8.11. The Morgan fingerprint density at radius 3 is 2.65 bits per heavy atom. The highest BCUT2D eigenvalue weighted by molar-refractivity contribution is 5.37. The molecule has 1 aliphatic heterocycles. The fourth-order valence-electron chi connectivity index (χ4n) is 2.15. The predicted octanol–water partition coefficient (Wildman–Crippen LogP) is 1.82. The first kappa shape index (κ1) is 12.3. The summed E-state index contributed by atoms with van der Waals surface area (Å²) in [6, 6.07) is 0. The van der Waals surface area contributed by atoms with Gasteiger partial charge in [0.2, 0.25) is 0 Å². The Labute approximate surface area is 103 Å². The molecule has 0 unspecified atom stereocenters. The summed E-state index contributed by atoms with van der Waals surface area (Å²) in [4.78, 5) is 11.3. The molecule has 94 valence electrons. The van der Waals surface area contributed by atoms with Gasteiger partial charge < -0.3 is 10.2 Å². The first-order valence-electron chi connectivity index (χ1n) is 6.31. The van der Waals surface area contributed by atoms with E-state index in [1.807, 2.05) is 19.4 Å². The number of rotatable bonds is 3. The summed E-state index contributed by atoms with van der Waals surface area (Å²) in [7, 11) is 1.93. The lowest BCUT2D eigenvalue weighted by molar-refractivity contribution is 0.279. The molecule has 17 heavy (non-hydrogen) atoms. The molecule has 1 fully saturated rings. The van der Waals surface area contributed by atoms with E-state index in [1.54, 1.807) is 0 Å². The molecule has 1 aromatic heterocycles. The Bertz CT molecular complexity index is 365. The lowest BCUT2D eigenvalue weighted by atomic mass is 9.83. The minimum Gasteiger partial charge on any atom is -0.355 e. The van der Waals surface area contributed by atoms with Gasteiger partial charge in [0.05, 0.1) is 11.9 Å². The van der Waals surface area contributed by atoms with Crippen LogP contribution in [0.4, 0.5) is 5.82 Å². The fraction of sp³-hybridized carbons (Fsp3) is 0.692. The molecular formula is C13H22N4. The van der Waals surface area contributed by atoms with Gasteiger partial charge in [-0.3, -0.25) is 4.98 Å². The van der Waals surface area contributed by atoms with Crippen LogP contribution in [0.25, 0.3) is 0 Å². The van der Waals surface area contributed by atoms with Crippen molar-refractivity contribution >= 4 is 5.82 Å². The topological polar surface area (TPSA) is 41.1 Å². The van der Waals surface area contributed by atoms with E-state index in [0.717, 1.165) is 31.1 Å². The molecule has 1 saturated heterocycles. The molecule has 0 saturated carbocycles. The molecule has 0 spiro atoms. The molecule has 0 aromatic carbocycles. The van der Waals surface area contributed by atoms with Crippen LogP contribution in [0.2, 0.25) is 0 Å². The van der Waals surface area contributed by atoms with Gasteiger partial charge in [0.25, 0.3) is 0 Å². The average molecular weight is 234 g/mol. The number of nitrogens with zero attached hydrogens (tertiary/aromatic N) is 3. The predicted molar refractivity (Wildman–Crippen MR) is 70.0 cm³/mol. The zero-order valence-corrected chi connectivity index (χ0v) is 11.0. The van der Waals surface area contributed by atoms with Crippen LogP contribution in [-0.4, -0.2) is 30.1 Å². The van der Waals surface area contributed by atoms with Crippen molar-refractivity contribution in [2.75, 3.05) is 25.0 Å². The summed E-state index contributed by atoms with van der Waals surface area (Å²) in [6.07, 6.45) is 6.15. The quantitative estimate of drug-likeness (QED) is 0.866. The van der Waals surface area contributed by atoms with Crippen molar-refractivity contribution < 1.29 is 0 Å². The summed E-state index contributed by atoms with van der Waals surface area (Å²) in [5.41, 5.74) is 1.49. The molecular weight excluding hydrogens is 212 g/mol. The van der Waals surface area contributed by atoms with E-state index in [0.29, 0.717) is 5.41 Å². The van der Waals surface area contributed by atoms with E-state index in [2.05, 4.69) is 34.0 Å². The fourth-order valence-corrected chi connectivity index (χ4v) is 2.15. The van der Waals surface area contributed by atoms with Crippen molar-refractivity contribution in [1.29, 1.82) is 0 Å². The number of hydrogen-bond acceptors (Lipinski definition) is 4. The van der Waals surface area contributed by atoms with Crippen LogP contribution in [0.15, 0.2) is 12.4 Å². The maximum Gasteiger partial charge on any atom is 0.147 e. The molecule has 0 amide bonds. The molecule has 2 heterocycles. The molecule has 0 atom stereocenters. The van der Waals surface area contributed by atoms with Gasteiger partial charge in [-0.25, -0.2) is 4.98 Å². The van der Waals surface area contributed by atoms with Gasteiger partial charge in [0.15, 0.2) is 0 Å². The van der Waals surface area contributed by atoms with Gasteiger partial charge in [0.1, 0.15) is 5.82 Å². The monoisotopic (exact) mass is 234 g/mol. The van der Waals surface area contributed by atoms with Gasteiger partial charge in [-0.1, -0.05) is 13.8 Å². The second kappa shape index (κ2) is 5.00. The van der Waals surface area contributed by atoms with Crippen LogP contribution < -0.4 is 10.2 Å². The lowest BCUT2D eigenvalue weighted by Crippen LogP contribution is -2.37. The third kappa shape index (κ3) is 3.16. The van der Waals surface area contributed by atoms with Crippen LogP contribution in [0.3, 0.4) is 0 Å². The van der Waals surface area contributed by atoms with Gasteiger partial charge in [-0.05, 0) is 25.3 Å². The van der Waals surface area contributed by atoms with E-state index < -0.39 is 0 Å². The summed E-state index contributed by atoms with van der Waals surface area (Å²) >= 11 is 0. The SMILES string of the molecule is CNCc1cncc(N2CCC(C)(C)CC2)n1. The normalized spacial score (nSPS) is 19.4. The van der Waals surface area contributed by atoms with Crippen molar-refractivity contribution in [3.63, 3.8) is 0 Å². The second-order valence-electron chi connectivity index (χ2n) is 5.55. The third-order valence-electron chi connectivity index (χ3n) is 3.47. The zero-order valence-electron chi connectivity index (χ0n) is 11.0. The zero-order chi connectivity index (χ0) is 12.3. The minimum absolute atomic E-state index is 0.479. The van der Waals surface area contributed by atoms with E-state index in [4.69, 9.17) is 0 Å². The van der Waals surface area contributed by atoms with Crippen LogP contribution in [0.5, 0.6) is 0 Å². The van der Waals surface area contributed by atoms with Crippen molar-refractivity contribution in [1.82, 2.24) is 15.3 Å².